The Morgan fingerprint density at radius 1 is 1.08 bits per heavy atom. The molecular formula is C19H28N2O2S. The summed E-state index contributed by atoms with van der Waals surface area (Å²) in [7, 11) is 4.20. The van der Waals surface area contributed by atoms with Gasteiger partial charge in [-0.25, -0.2) is 0 Å². The lowest BCUT2D eigenvalue weighted by atomic mass is 10.1. The molecule has 0 unspecified atom stereocenters. The summed E-state index contributed by atoms with van der Waals surface area (Å²) in [6.07, 6.45) is 0. The molecule has 1 heterocycles. The molecule has 0 aliphatic heterocycles. The molecule has 24 heavy (non-hydrogen) atoms. The topological polar surface area (TPSA) is 35.9 Å². The number of hydrogen-bond donors (Lipinski definition) is 1. The van der Waals surface area contributed by atoms with Gasteiger partial charge in [-0.2, -0.15) is 11.3 Å². The average Bonchev–Trinajstić information content (AvgIpc) is 3.07. The summed E-state index contributed by atoms with van der Waals surface area (Å²) in [5, 5.41) is 13.9. The molecule has 0 amide bonds. The maximum absolute atomic E-state index is 9.59. The first-order chi connectivity index (χ1) is 11.6. The van der Waals surface area contributed by atoms with E-state index in [4.69, 9.17) is 4.74 Å². The number of hydrogen-bond acceptors (Lipinski definition) is 5. The zero-order valence-electron chi connectivity index (χ0n) is 14.9. The van der Waals surface area contributed by atoms with Gasteiger partial charge >= 0.3 is 0 Å². The first-order valence-corrected chi connectivity index (χ1v) is 9.30. The zero-order valence-corrected chi connectivity index (χ0v) is 15.7. The summed E-state index contributed by atoms with van der Waals surface area (Å²) in [5.74, 6) is 0.779. The molecule has 2 rings (SSSR count). The summed E-state index contributed by atoms with van der Waals surface area (Å²) in [4.78, 5) is 4.65. The lowest BCUT2D eigenvalue weighted by molar-refractivity contribution is 0.225. The van der Waals surface area contributed by atoms with E-state index < -0.39 is 0 Å². The first kappa shape index (κ1) is 18.9. The Kier molecular flexibility index (Phi) is 7.72. The molecule has 132 valence electrons. The van der Waals surface area contributed by atoms with E-state index in [1.165, 1.54) is 11.1 Å². The Morgan fingerprint density at radius 3 is 2.50 bits per heavy atom. The number of nitrogens with zero attached hydrogens (tertiary/aromatic N) is 2. The van der Waals surface area contributed by atoms with Gasteiger partial charge in [0.05, 0.1) is 13.2 Å². The number of ether oxygens (including phenoxy) is 1. The van der Waals surface area contributed by atoms with E-state index in [-0.39, 0.29) is 6.61 Å². The second-order valence-corrected chi connectivity index (χ2v) is 6.96. The summed E-state index contributed by atoms with van der Waals surface area (Å²) in [6, 6.07) is 8.31. The third-order valence-electron chi connectivity index (χ3n) is 3.85. The molecular weight excluding hydrogens is 320 g/mol. The van der Waals surface area contributed by atoms with Crippen LogP contribution in [0.3, 0.4) is 0 Å². The molecule has 0 bridgehead atoms. The van der Waals surface area contributed by atoms with Crippen LogP contribution in [0.2, 0.25) is 0 Å². The molecule has 2 aromatic rings. The Morgan fingerprint density at radius 2 is 1.88 bits per heavy atom. The summed E-state index contributed by atoms with van der Waals surface area (Å²) in [5.41, 5.74) is 3.42. The number of likely N-dealkylation sites (N-methyl/N-ethyl adjacent to an activating group) is 1. The quantitative estimate of drug-likeness (QED) is 0.715. The van der Waals surface area contributed by atoms with Crippen molar-refractivity contribution in [2.24, 2.45) is 0 Å². The molecule has 1 aromatic heterocycles. The second kappa shape index (κ2) is 9.79. The number of aliphatic hydroxyl groups is 1. The summed E-state index contributed by atoms with van der Waals surface area (Å²) >= 11 is 1.74. The van der Waals surface area contributed by atoms with Crippen molar-refractivity contribution in [1.29, 1.82) is 0 Å². The molecule has 1 N–H and O–H groups in total. The second-order valence-electron chi connectivity index (χ2n) is 6.18. The summed E-state index contributed by atoms with van der Waals surface area (Å²) < 4.78 is 5.57. The van der Waals surface area contributed by atoms with E-state index in [0.717, 1.165) is 37.5 Å². The fourth-order valence-electron chi connectivity index (χ4n) is 2.61. The zero-order chi connectivity index (χ0) is 17.4. The van der Waals surface area contributed by atoms with Gasteiger partial charge in [-0.05, 0) is 61.1 Å². The van der Waals surface area contributed by atoms with Gasteiger partial charge in [0.2, 0.25) is 0 Å². The minimum atomic E-state index is 0.00536. The van der Waals surface area contributed by atoms with Gasteiger partial charge in [0.25, 0.3) is 0 Å². The SMILES string of the molecule is CCOc1ccc(CN(CCN(C)C)Cc2ccsc2)cc1CO. The molecule has 5 heteroatoms. The van der Waals surface area contributed by atoms with Crippen LogP contribution in [0.1, 0.15) is 23.6 Å². The fourth-order valence-corrected chi connectivity index (χ4v) is 3.27. The molecule has 0 radical (unpaired) electrons. The standard InChI is InChI=1S/C19H28N2O2S/c1-4-23-19-6-5-16(11-18(19)14-22)12-21(9-8-20(2)3)13-17-7-10-24-15-17/h5-7,10-11,15,22H,4,8-9,12-14H2,1-3H3. The van der Waals surface area contributed by atoms with E-state index in [1.807, 2.05) is 13.0 Å². The number of benzene rings is 1. The molecule has 0 aliphatic carbocycles. The van der Waals surface area contributed by atoms with Gasteiger partial charge < -0.3 is 14.7 Å². The molecule has 0 saturated heterocycles. The summed E-state index contributed by atoms with van der Waals surface area (Å²) in [6.45, 7) is 6.41. The smallest absolute Gasteiger partial charge is 0.124 e. The normalized spacial score (nSPS) is 11.4. The van der Waals surface area contributed by atoms with Crippen molar-refractivity contribution in [3.05, 3.63) is 51.7 Å². The van der Waals surface area contributed by atoms with Gasteiger partial charge in [-0.3, -0.25) is 4.90 Å². The minimum Gasteiger partial charge on any atom is -0.494 e. The monoisotopic (exact) mass is 348 g/mol. The van der Waals surface area contributed by atoms with E-state index in [9.17, 15) is 5.11 Å². The van der Waals surface area contributed by atoms with Crippen molar-refractivity contribution < 1.29 is 9.84 Å². The van der Waals surface area contributed by atoms with Crippen LogP contribution >= 0.6 is 11.3 Å². The predicted octanol–water partition coefficient (Wildman–Crippen LogP) is 3.20. The van der Waals surface area contributed by atoms with Crippen LogP contribution in [0, 0.1) is 0 Å². The molecule has 0 spiro atoms. The van der Waals surface area contributed by atoms with Crippen molar-refractivity contribution in [3.8, 4) is 5.75 Å². The van der Waals surface area contributed by atoms with Crippen LogP contribution in [0.15, 0.2) is 35.0 Å². The fraction of sp³-hybridized carbons (Fsp3) is 0.474. The Labute approximate surface area is 149 Å². The van der Waals surface area contributed by atoms with E-state index >= 15 is 0 Å². The maximum Gasteiger partial charge on any atom is 0.124 e. The van der Waals surface area contributed by atoms with Gasteiger partial charge in [0.15, 0.2) is 0 Å². The van der Waals surface area contributed by atoms with Gasteiger partial charge in [-0.1, -0.05) is 6.07 Å². The molecule has 0 atom stereocenters. The number of rotatable bonds is 10. The largest absolute Gasteiger partial charge is 0.494 e. The maximum atomic E-state index is 9.59. The average molecular weight is 349 g/mol. The number of aliphatic hydroxyl groups excluding tert-OH is 1. The van der Waals surface area contributed by atoms with Crippen molar-refractivity contribution in [3.63, 3.8) is 0 Å². The third-order valence-corrected chi connectivity index (χ3v) is 4.58. The van der Waals surface area contributed by atoms with Crippen LogP contribution in [0.25, 0.3) is 0 Å². The predicted molar refractivity (Wildman–Crippen MR) is 101 cm³/mol. The lowest BCUT2D eigenvalue weighted by Gasteiger charge is -2.24. The van der Waals surface area contributed by atoms with Crippen LogP contribution < -0.4 is 4.74 Å². The highest BCUT2D eigenvalue weighted by molar-refractivity contribution is 7.07. The van der Waals surface area contributed by atoms with Crippen LogP contribution in [-0.2, 0) is 19.7 Å². The molecule has 1 aromatic carbocycles. The van der Waals surface area contributed by atoms with E-state index in [2.05, 4.69) is 52.9 Å². The number of thiophene rings is 1. The molecule has 0 fully saturated rings. The highest BCUT2D eigenvalue weighted by Gasteiger charge is 2.10. The van der Waals surface area contributed by atoms with Crippen LogP contribution in [0.5, 0.6) is 5.75 Å². The first-order valence-electron chi connectivity index (χ1n) is 8.36. The van der Waals surface area contributed by atoms with Gasteiger partial charge in [0.1, 0.15) is 5.75 Å². The third kappa shape index (κ3) is 5.91. The molecule has 0 aliphatic rings. The lowest BCUT2D eigenvalue weighted by Crippen LogP contribution is -2.31. The van der Waals surface area contributed by atoms with Crippen molar-refractivity contribution >= 4 is 11.3 Å². The van der Waals surface area contributed by atoms with Crippen molar-refractivity contribution in [2.45, 2.75) is 26.6 Å². The Bertz CT molecular complexity index is 599. The van der Waals surface area contributed by atoms with Gasteiger partial charge in [0, 0.05) is 31.7 Å². The Hall–Kier alpha value is -1.40. The minimum absolute atomic E-state index is 0.00536. The van der Waals surface area contributed by atoms with Crippen molar-refractivity contribution in [2.75, 3.05) is 33.8 Å². The van der Waals surface area contributed by atoms with Crippen LogP contribution in [0.4, 0.5) is 0 Å². The highest BCUT2D eigenvalue weighted by atomic mass is 32.1. The molecule has 4 nitrogen and oxygen atoms in total. The van der Waals surface area contributed by atoms with Gasteiger partial charge in [-0.15, -0.1) is 0 Å². The Balaban J connectivity index is 2.09. The highest BCUT2D eigenvalue weighted by Crippen LogP contribution is 2.22. The van der Waals surface area contributed by atoms with Crippen LogP contribution in [-0.4, -0.2) is 48.7 Å². The molecule has 0 saturated carbocycles. The van der Waals surface area contributed by atoms with E-state index in [1.54, 1.807) is 11.3 Å². The van der Waals surface area contributed by atoms with Crippen molar-refractivity contribution in [1.82, 2.24) is 9.80 Å². The van der Waals surface area contributed by atoms with E-state index in [0.29, 0.717) is 6.61 Å².